The van der Waals surface area contributed by atoms with Crippen molar-refractivity contribution < 1.29 is 19.1 Å². The van der Waals surface area contributed by atoms with E-state index in [1.807, 2.05) is 24.3 Å². The normalized spacial score (nSPS) is 11.8. The zero-order valence-corrected chi connectivity index (χ0v) is 14.2. The highest BCUT2D eigenvalue weighted by molar-refractivity contribution is 5.87. The zero-order chi connectivity index (χ0) is 18.4. The maximum atomic E-state index is 12.3. The van der Waals surface area contributed by atoms with Crippen molar-refractivity contribution in [1.29, 1.82) is 0 Å². The van der Waals surface area contributed by atoms with Crippen molar-refractivity contribution in [2.45, 2.75) is 32.4 Å². The number of hydrogen-bond donors (Lipinski definition) is 4. The smallest absolute Gasteiger partial charge is 0.242 e. The van der Waals surface area contributed by atoms with Gasteiger partial charge in [0.15, 0.2) is 0 Å². The number of benzene rings is 1. The first kappa shape index (κ1) is 18.3. The van der Waals surface area contributed by atoms with E-state index in [2.05, 4.69) is 15.6 Å². The highest BCUT2D eigenvalue weighted by atomic mass is 16.5. The second-order valence-electron chi connectivity index (χ2n) is 5.72. The lowest BCUT2D eigenvalue weighted by Crippen LogP contribution is -2.46. The fourth-order valence-corrected chi connectivity index (χ4v) is 2.50. The van der Waals surface area contributed by atoms with E-state index < -0.39 is 11.9 Å². The third-order valence-electron chi connectivity index (χ3n) is 3.71. The third kappa shape index (κ3) is 5.23. The number of nitrogens with two attached hydrogens (primary N) is 1. The Morgan fingerprint density at radius 3 is 2.68 bits per heavy atom. The van der Waals surface area contributed by atoms with E-state index in [0.29, 0.717) is 0 Å². The summed E-state index contributed by atoms with van der Waals surface area (Å²) in [5.74, 6) is -0.484. The molecule has 2 aromatic rings. The van der Waals surface area contributed by atoms with Crippen LogP contribution in [-0.4, -0.2) is 35.9 Å². The van der Waals surface area contributed by atoms with Gasteiger partial charge in [-0.1, -0.05) is 0 Å². The Morgan fingerprint density at radius 1 is 1.28 bits per heavy atom. The average molecular weight is 346 g/mol. The summed E-state index contributed by atoms with van der Waals surface area (Å²) in [5, 5.41) is 6.25. The van der Waals surface area contributed by atoms with Crippen LogP contribution in [0.5, 0.6) is 5.75 Å². The summed E-state index contributed by atoms with van der Waals surface area (Å²) < 4.78 is 5.18. The standard InChI is InChI=1S/C17H22N4O4/c1-10(22)20-15(5-6-16(18)23)17(24)19-9-12-7-11-8-13(25-2)3-4-14(11)21-12/h3-4,7-8,15,21H,5-6,9H2,1-2H3,(H2,18,23)(H,19,24)(H,20,22)/t15-/m0/s1. The van der Waals surface area contributed by atoms with Crippen LogP contribution in [0.3, 0.4) is 0 Å². The first-order chi connectivity index (χ1) is 11.9. The number of H-pyrrole nitrogens is 1. The number of aromatic nitrogens is 1. The van der Waals surface area contributed by atoms with Gasteiger partial charge in [-0.15, -0.1) is 0 Å². The number of ether oxygens (including phenoxy) is 1. The molecular formula is C17H22N4O4. The van der Waals surface area contributed by atoms with Crippen LogP contribution in [0.25, 0.3) is 10.9 Å². The van der Waals surface area contributed by atoms with Crippen LogP contribution in [0.2, 0.25) is 0 Å². The molecule has 25 heavy (non-hydrogen) atoms. The van der Waals surface area contributed by atoms with Gasteiger partial charge in [-0.3, -0.25) is 14.4 Å². The Kier molecular flexibility index (Phi) is 5.99. The molecule has 1 aromatic carbocycles. The highest BCUT2D eigenvalue weighted by Crippen LogP contribution is 2.21. The quantitative estimate of drug-likeness (QED) is 0.557. The number of carbonyl (C=O) groups is 3. The van der Waals surface area contributed by atoms with Crippen molar-refractivity contribution in [2.24, 2.45) is 5.73 Å². The van der Waals surface area contributed by atoms with E-state index in [0.717, 1.165) is 22.3 Å². The molecule has 0 bridgehead atoms. The van der Waals surface area contributed by atoms with Crippen molar-refractivity contribution in [1.82, 2.24) is 15.6 Å². The van der Waals surface area contributed by atoms with Crippen LogP contribution in [0, 0.1) is 0 Å². The lowest BCUT2D eigenvalue weighted by molar-refractivity contribution is -0.128. The maximum absolute atomic E-state index is 12.3. The molecule has 8 nitrogen and oxygen atoms in total. The Labute approximate surface area is 145 Å². The summed E-state index contributed by atoms with van der Waals surface area (Å²) in [6, 6.07) is 6.75. The van der Waals surface area contributed by atoms with Crippen LogP contribution < -0.4 is 21.1 Å². The van der Waals surface area contributed by atoms with Crippen LogP contribution in [0.4, 0.5) is 0 Å². The highest BCUT2D eigenvalue weighted by Gasteiger charge is 2.20. The minimum atomic E-state index is -0.797. The van der Waals surface area contributed by atoms with Crippen molar-refractivity contribution in [3.05, 3.63) is 30.0 Å². The number of methoxy groups -OCH3 is 1. The molecule has 8 heteroatoms. The molecule has 0 fully saturated rings. The third-order valence-corrected chi connectivity index (χ3v) is 3.71. The van der Waals surface area contributed by atoms with Crippen LogP contribution in [-0.2, 0) is 20.9 Å². The summed E-state index contributed by atoms with van der Waals surface area (Å²) in [5.41, 5.74) is 6.85. The zero-order valence-electron chi connectivity index (χ0n) is 14.2. The molecule has 0 saturated carbocycles. The van der Waals surface area contributed by atoms with E-state index in [1.165, 1.54) is 6.92 Å². The van der Waals surface area contributed by atoms with Gasteiger partial charge in [0.05, 0.1) is 13.7 Å². The van der Waals surface area contributed by atoms with E-state index in [9.17, 15) is 14.4 Å². The van der Waals surface area contributed by atoms with Crippen LogP contribution in [0.1, 0.15) is 25.5 Å². The van der Waals surface area contributed by atoms with Gasteiger partial charge in [0, 0.05) is 29.9 Å². The minimum Gasteiger partial charge on any atom is -0.497 e. The molecule has 0 aliphatic heterocycles. The van der Waals surface area contributed by atoms with Crippen molar-refractivity contribution in [3.8, 4) is 5.75 Å². The number of nitrogens with one attached hydrogen (secondary N) is 3. The molecule has 0 aliphatic carbocycles. The molecular weight excluding hydrogens is 324 g/mol. The van der Waals surface area contributed by atoms with Crippen molar-refractivity contribution >= 4 is 28.6 Å². The Balaban J connectivity index is 2.00. The number of amides is 3. The predicted molar refractivity (Wildman–Crippen MR) is 92.7 cm³/mol. The molecule has 0 spiro atoms. The van der Waals surface area contributed by atoms with Gasteiger partial charge < -0.3 is 26.1 Å². The fraction of sp³-hybridized carbons (Fsp3) is 0.353. The number of rotatable bonds is 8. The molecule has 3 amide bonds. The maximum Gasteiger partial charge on any atom is 0.242 e. The largest absolute Gasteiger partial charge is 0.497 e. The summed E-state index contributed by atoms with van der Waals surface area (Å²) >= 11 is 0. The van der Waals surface area contributed by atoms with Gasteiger partial charge in [-0.2, -0.15) is 0 Å². The predicted octanol–water partition coefficient (Wildman–Crippen LogP) is 0.563. The van der Waals surface area contributed by atoms with Crippen molar-refractivity contribution in [3.63, 3.8) is 0 Å². The van der Waals surface area contributed by atoms with Crippen LogP contribution in [0.15, 0.2) is 24.3 Å². The lowest BCUT2D eigenvalue weighted by Gasteiger charge is -2.16. The Hall–Kier alpha value is -3.03. The number of fused-ring (bicyclic) bond motifs is 1. The topological polar surface area (TPSA) is 126 Å². The molecule has 5 N–H and O–H groups in total. The van der Waals surface area contributed by atoms with Gasteiger partial charge in [0.1, 0.15) is 11.8 Å². The van der Waals surface area contributed by atoms with Gasteiger partial charge in [0.2, 0.25) is 17.7 Å². The second-order valence-corrected chi connectivity index (χ2v) is 5.72. The average Bonchev–Trinajstić information content (AvgIpc) is 2.97. The Morgan fingerprint density at radius 2 is 2.04 bits per heavy atom. The molecule has 2 rings (SSSR count). The minimum absolute atomic E-state index is 0.0184. The van der Waals surface area contributed by atoms with Gasteiger partial charge >= 0.3 is 0 Å². The number of aromatic amines is 1. The molecule has 0 aliphatic rings. The van der Waals surface area contributed by atoms with Gasteiger partial charge in [-0.25, -0.2) is 0 Å². The van der Waals surface area contributed by atoms with E-state index in [1.54, 1.807) is 7.11 Å². The summed E-state index contributed by atoms with van der Waals surface area (Å²) in [6.07, 6.45) is 0.176. The molecule has 0 saturated heterocycles. The van der Waals surface area contributed by atoms with Crippen molar-refractivity contribution in [2.75, 3.05) is 7.11 Å². The number of primary amides is 1. The molecule has 1 atom stereocenters. The summed E-state index contributed by atoms with van der Waals surface area (Å²) in [7, 11) is 1.60. The van der Waals surface area contributed by atoms with Gasteiger partial charge in [-0.05, 0) is 30.7 Å². The molecule has 1 heterocycles. The monoisotopic (exact) mass is 346 g/mol. The molecule has 1 aromatic heterocycles. The first-order valence-corrected chi connectivity index (χ1v) is 7.88. The Bertz CT molecular complexity index is 784. The van der Waals surface area contributed by atoms with E-state index >= 15 is 0 Å². The lowest BCUT2D eigenvalue weighted by atomic mass is 10.1. The molecule has 0 radical (unpaired) electrons. The molecule has 0 unspecified atom stereocenters. The summed E-state index contributed by atoms with van der Waals surface area (Å²) in [6.45, 7) is 1.58. The van der Waals surface area contributed by atoms with E-state index in [4.69, 9.17) is 10.5 Å². The number of hydrogen-bond acceptors (Lipinski definition) is 4. The van der Waals surface area contributed by atoms with Gasteiger partial charge in [0.25, 0.3) is 0 Å². The molecule has 134 valence electrons. The van der Waals surface area contributed by atoms with Crippen LogP contribution >= 0.6 is 0 Å². The first-order valence-electron chi connectivity index (χ1n) is 7.88. The SMILES string of the molecule is COc1ccc2[nH]c(CNC(=O)[C@H](CCC(N)=O)NC(C)=O)cc2c1. The summed E-state index contributed by atoms with van der Waals surface area (Å²) in [4.78, 5) is 37.6. The second kappa shape index (κ2) is 8.18. The number of carbonyl (C=O) groups excluding carboxylic acids is 3. The van der Waals surface area contributed by atoms with E-state index in [-0.39, 0.29) is 31.2 Å². The fourth-order valence-electron chi connectivity index (χ4n) is 2.50.